The van der Waals surface area contributed by atoms with Crippen LogP contribution in [0.1, 0.15) is 11.1 Å². The Morgan fingerprint density at radius 3 is 1.65 bits per heavy atom. The van der Waals surface area contributed by atoms with Crippen molar-refractivity contribution in [1.82, 2.24) is 0 Å². The van der Waals surface area contributed by atoms with Crippen molar-refractivity contribution < 1.29 is 26.3 Å². The number of para-hydroxylation sites is 1. The number of halogens is 6. The highest BCUT2D eigenvalue weighted by Gasteiger charge is 2.37. The zero-order valence-corrected chi connectivity index (χ0v) is 12.3. The van der Waals surface area contributed by atoms with Gasteiger partial charge in [-0.05, 0) is 17.7 Å². The summed E-state index contributed by atoms with van der Waals surface area (Å²) in [5.74, 6) is 0. The van der Waals surface area contributed by atoms with Crippen LogP contribution in [0.25, 0.3) is 11.1 Å². The highest BCUT2D eigenvalue weighted by Crippen LogP contribution is 2.45. The van der Waals surface area contributed by atoms with Crippen molar-refractivity contribution >= 4 is 5.69 Å². The predicted molar refractivity (Wildman–Crippen MR) is 76.2 cm³/mol. The Balaban J connectivity index is 2.81. The third-order valence-electron chi connectivity index (χ3n) is 3.31. The fraction of sp³-hybridized carbons (Fsp3) is 0.250. The molecule has 0 aromatic heterocycles. The van der Waals surface area contributed by atoms with Crippen molar-refractivity contribution in [3.8, 4) is 11.1 Å². The molecule has 0 heterocycles. The van der Waals surface area contributed by atoms with Gasteiger partial charge in [-0.1, -0.05) is 30.3 Å². The molecule has 2 aromatic rings. The zero-order chi connectivity index (χ0) is 17.4. The van der Waals surface area contributed by atoms with Crippen molar-refractivity contribution in [1.29, 1.82) is 0 Å². The number of anilines is 1. The molecule has 2 rings (SSSR count). The molecule has 0 aliphatic heterocycles. The first-order chi connectivity index (χ1) is 10.5. The monoisotopic (exact) mass is 333 g/mol. The van der Waals surface area contributed by atoms with E-state index >= 15 is 0 Å². The highest BCUT2D eigenvalue weighted by atomic mass is 19.4. The summed E-state index contributed by atoms with van der Waals surface area (Å²) in [7, 11) is 2.73. The van der Waals surface area contributed by atoms with Crippen LogP contribution < -0.4 is 4.90 Å². The van der Waals surface area contributed by atoms with Gasteiger partial charge in [0, 0.05) is 19.7 Å². The van der Waals surface area contributed by atoms with Crippen LogP contribution in [0.15, 0.2) is 42.5 Å². The van der Waals surface area contributed by atoms with E-state index in [9.17, 15) is 26.3 Å². The first kappa shape index (κ1) is 17.2. The maximum Gasteiger partial charge on any atom is 0.418 e. The lowest BCUT2D eigenvalue weighted by molar-refractivity contribution is -0.137. The van der Waals surface area contributed by atoms with E-state index < -0.39 is 23.5 Å². The second kappa shape index (κ2) is 5.79. The first-order valence-electron chi connectivity index (χ1n) is 6.57. The molecule has 0 amide bonds. The SMILES string of the molecule is CN(C)c1c(-c2ccccc2C(F)(F)F)cccc1C(F)(F)F. The predicted octanol–water partition coefficient (Wildman–Crippen LogP) is 5.46. The van der Waals surface area contributed by atoms with E-state index in [0.29, 0.717) is 0 Å². The third kappa shape index (κ3) is 3.43. The Kier molecular flexibility index (Phi) is 4.32. The minimum atomic E-state index is -4.66. The Labute approximate surface area is 129 Å². The van der Waals surface area contributed by atoms with E-state index in [0.717, 1.165) is 18.2 Å². The lowest BCUT2D eigenvalue weighted by Gasteiger charge is -2.24. The van der Waals surface area contributed by atoms with Gasteiger partial charge in [0.2, 0.25) is 0 Å². The van der Waals surface area contributed by atoms with E-state index in [2.05, 4.69) is 0 Å². The maximum absolute atomic E-state index is 13.2. The largest absolute Gasteiger partial charge is 0.418 e. The van der Waals surface area contributed by atoms with E-state index in [-0.39, 0.29) is 16.8 Å². The number of rotatable bonds is 2. The average Bonchev–Trinajstić information content (AvgIpc) is 2.44. The topological polar surface area (TPSA) is 3.24 Å². The molecule has 124 valence electrons. The maximum atomic E-state index is 13.2. The van der Waals surface area contributed by atoms with E-state index in [1.165, 1.54) is 43.3 Å². The Morgan fingerprint density at radius 2 is 1.13 bits per heavy atom. The molecule has 0 atom stereocenters. The van der Waals surface area contributed by atoms with Gasteiger partial charge < -0.3 is 4.90 Å². The Bertz CT molecular complexity index is 700. The van der Waals surface area contributed by atoms with E-state index in [4.69, 9.17) is 0 Å². The molecule has 7 heteroatoms. The molecular weight excluding hydrogens is 320 g/mol. The molecule has 0 spiro atoms. The Morgan fingerprint density at radius 1 is 0.652 bits per heavy atom. The average molecular weight is 333 g/mol. The molecule has 2 aromatic carbocycles. The zero-order valence-electron chi connectivity index (χ0n) is 12.3. The third-order valence-corrected chi connectivity index (χ3v) is 3.31. The van der Waals surface area contributed by atoms with Gasteiger partial charge in [0.15, 0.2) is 0 Å². The summed E-state index contributed by atoms with van der Waals surface area (Å²) in [6.45, 7) is 0. The number of hydrogen-bond donors (Lipinski definition) is 0. The molecule has 1 nitrogen and oxygen atoms in total. The lowest BCUT2D eigenvalue weighted by Crippen LogP contribution is -2.18. The molecule has 0 saturated heterocycles. The van der Waals surface area contributed by atoms with Gasteiger partial charge in [-0.2, -0.15) is 26.3 Å². The van der Waals surface area contributed by atoms with Crippen LogP contribution in [-0.4, -0.2) is 14.1 Å². The fourth-order valence-corrected chi connectivity index (χ4v) is 2.44. The molecular formula is C16H13F6N. The van der Waals surface area contributed by atoms with Crippen LogP contribution in [0.4, 0.5) is 32.0 Å². The molecule has 0 N–H and O–H groups in total. The minimum absolute atomic E-state index is 0.113. The molecule has 0 radical (unpaired) electrons. The van der Waals surface area contributed by atoms with Crippen LogP contribution in [0.3, 0.4) is 0 Å². The fourth-order valence-electron chi connectivity index (χ4n) is 2.44. The van der Waals surface area contributed by atoms with Gasteiger partial charge in [0.25, 0.3) is 0 Å². The number of nitrogens with zero attached hydrogens (tertiary/aromatic N) is 1. The van der Waals surface area contributed by atoms with Crippen molar-refractivity contribution in [3.63, 3.8) is 0 Å². The molecule has 0 saturated carbocycles. The molecule has 0 fully saturated rings. The Hall–Kier alpha value is -2.18. The van der Waals surface area contributed by atoms with Crippen molar-refractivity contribution in [2.75, 3.05) is 19.0 Å². The van der Waals surface area contributed by atoms with Gasteiger partial charge in [0.05, 0.1) is 16.8 Å². The standard InChI is InChI=1S/C16H13F6N/c1-23(2)14-11(7-5-9-13(14)16(20,21)22)10-6-3-4-8-12(10)15(17,18)19/h3-9H,1-2H3. The van der Waals surface area contributed by atoms with Gasteiger partial charge in [-0.15, -0.1) is 0 Å². The molecule has 0 bridgehead atoms. The van der Waals surface area contributed by atoms with Crippen LogP contribution in [0, 0.1) is 0 Å². The number of hydrogen-bond acceptors (Lipinski definition) is 1. The second-order valence-electron chi connectivity index (χ2n) is 5.14. The summed E-state index contributed by atoms with van der Waals surface area (Å²) < 4.78 is 79.1. The van der Waals surface area contributed by atoms with Gasteiger partial charge in [-0.3, -0.25) is 0 Å². The van der Waals surface area contributed by atoms with Gasteiger partial charge >= 0.3 is 12.4 Å². The van der Waals surface area contributed by atoms with Crippen LogP contribution in [-0.2, 0) is 12.4 Å². The summed E-state index contributed by atoms with van der Waals surface area (Å²) in [6, 6.07) is 7.82. The van der Waals surface area contributed by atoms with Crippen molar-refractivity contribution in [2.24, 2.45) is 0 Å². The van der Waals surface area contributed by atoms with Crippen LogP contribution in [0.2, 0.25) is 0 Å². The van der Waals surface area contributed by atoms with Crippen LogP contribution >= 0.6 is 0 Å². The van der Waals surface area contributed by atoms with Crippen LogP contribution in [0.5, 0.6) is 0 Å². The number of benzene rings is 2. The highest BCUT2D eigenvalue weighted by molar-refractivity contribution is 5.83. The molecule has 23 heavy (non-hydrogen) atoms. The van der Waals surface area contributed by atoms with Gasteiger partial charge in [-0.25, -0.2) is 0 Å². The summed E-state index contributed by atoms with van der Waals surface area (Å²) in [4.78, 5) is 1.17. The summed E-state index contributed by atoms with van der Waals surface area (Å²) in [5, 5.41) is 0. The second-order valence-corrected chi connectivity index (χ2v) is 5.14. The normalized spacial score (nSPS) is 12.3. The van der Waals surface area contributed by atoms with Crippen molar-refractivity contribution in [3.05, 3.63) is 53.6 Å². The molecule has 0 aliphatic rings. The number of alkyl halides is 6. The minimum Gasteiger partial charge on any atom is -0.377 e. The summed E-state index contributed by atoms with van der Waals surface area (Å²) >= 11 is 0. The smallest absolute Gasteiger partial charge is 0.377 e. The van der Waals surface area contributed by atoms with E-state index in [1.807, 2.05) is 0 Å². The first-order valence-corrected chi connectivity index (χ1v) is 6.57. The van der Waals surface area contributed by atoms with E-state index in [1.54, 1.807) is 0 Å². The molecule has 0 unspecified atom stereocenters. The van der Waals surface area contributed by atoms with Gasteiger partial charge in [0.1, 0.15) is 0 Å². The molecule has 0 aliphatic carbocycles. The summed E-state index contributed by atoms with van der Waals surface area (Å²) in [6.07, 6.45) is -9.32. The quantitative estimate of drug-likeness (QED) is 0.660. The van der Waals surface area contributed by atoms with Crippen molar-refractivity contribution in [2.45, 2.75) is 12.4 Å². The lowest BCUT2D eigenvalue weighted by atomic mass is 9.95. The summed E-state index contributed by atoms with van der Waals surface area (Å²) in [5.41, 5.74) is -2.64.